The third-order valence-electron chi connectivity index (χ3n) is 2.59. The number of ether oxygens (including phenoxy) is 1. The zero-order valence-corrected chi connectivity index (χ0v) is 13.6. The predicted octanol–water partition coefficient (Wildman–Crippen LogP) is 3.83. The van der Waals surface area contributed by atoms with E-state index in [1.165, 1.54) is 5.56 Å². The van der Waals surface area contributed by atoms with E-state index < -0.39 is 5.60 Å². The third kappa shape index (κ3) is 6.21. The lowest BCUT2D eigenvalue weighted by molar-refractivity contribution is -0.153. The van der Waals surface area contributed by atoms with Crippen LogP contribution in [0.2, 0.25) is 0 Å². The van der Waals surface area contributed by atoms with Crippen molar-refractivity contribution in [3.63, 3.8) is 0 Å². The first-order valence-electron chi connectivity index (χ1n) is 6.52. The number of hydrogen-bond donors (Lipinski definition) is 1. The minimum atomic E-state index is -0.432. The fourth-order valence-corrected chi connectivity index (χ4v) is 2.04. The van der Waals surface area contributed by atoms with E-state index in [1.54, 1.807) is 0 Å². The van der Waals surface area contributed by atoms with Gasteiger partial charge in [0.05, 0.1) is 6.54 Å². The van der Waals surface area contributed by atoms with Gasteiger partial charge in [0, 0.05) is 10.5 Å². The first kappa shape index (κ1) is 16.2. The Morgan fingerprint density at radius 3 is 2.37 bits per heavy atom. The van der Waals surface area contributed by atoms with Crippen molar-refractivity contribution in [3.05, 3.63) is 34.3 Å². The van der Waals surface area contributed by atoms with Gasteiger partial charge in [-0.1, -0.05) is 35.0 Å². The Morgan fingerprint density at radius 2 is 1.89 bits per heavy atom. The van der Waals surface area contributed by atoms with Crippen LogP contribution in [0.25, 0.3) is 0 Å². The summed E-state index contributed by atoms with van der Waals surface area (Å²) in [7, 11) is 0. The Kier molecular flexibility index (Phi) is 6.01. The van der Waals surface area contributed by atoms with Gasteiger partial charge in [-0.15, -0.1) is 0 Å². The summed E-state index contributed by atoms with van der Waals surface area (Å²) in [6.07, 6.45) is 0.921. The van der Waals surface area contributed by atoms with E-state index in [2.05, 4.69) is 40.3 Å². The maximum atomic E-state index is 11.7. The average Bonchev–Trinajstić information content (AvgIpc) is 2.29. The van der Waals surface area contributed by atoms with E-state index in [4.69, 9.17) is 4.74 Å². The molecule has 0 radical (unpaired) electrons. The quantitative estimate of drug-likeness (QED) is 0.835. The molecule has 1 unspecified atom stereocenters. The second-order valence-electron chi connectivity index (χ2n) is 5.48. The van der Waals surface area contributed by atoms with Crippen LogP contribution < -0.4 is 5.32 Å². The number of carbonyl (C=O) groups excluding carboxylic acids is 1. The van der Waals surface area contributed by atoms with Gasteiger partial charge in [0.25, 0.3) is 0 Å². The Morgan fingerprint density at radius 1 is 1.32 bits per heavy atom. The lowest BCUT2D eigenvalue weighted by Gasteiger charge is -2.22. The molecule has 0 heterocycles. The van der Waals surface area contributed by atoms with Crippen LogP contribution >= 0.6 is 15.9 Å². The molecule has 106 valence electrons. The largest absolute Gasteiger partial charge is 0.459 e. The predicted molar refractivity (Wildman–Crippen MR) is 81.0 cm³/mol. The number of rotatable bonds is 5. The van der Waals surface area contributed by atoms with Crippen molar-refractivity contribution in [3.8, 4) is 0 Å². The number of hydrogen-bond acceptors (Lipinski definition) is 3. The first-order chi connectivity index (χ1) is 8.81. The molecule has 0 spiro atoms. The molecule has 1 N–H and O–H groups in total. The summed E-state index contributed by atoms with van der Waals surface area (Å²) < 4.78 is 6.33. The highest BCUT2D eigenvalue weighted by molar-refractivity contribution is 9.10. The van der Waals surface area contributed by atoms with Gasteiger partial charge >= 0.3 is 5.97 Å². The Balaban J connectivity index is 2.54. The van der Waals surface area contributed by atoms with Gasteiger partial charge in [-0.25, -0.2) is 0 Å². The molecule has 0 aliphatic rings. The molecule has 1 rings (SSSR count). The molecule has 1 aromatic rings. The lowest BCUT2D eigenvalue weighted by atomic mass is 10.0. The van der Waals surface area contributed by atoms with Crippen LogP contribution in [0.1, 0.15) is 45.7 Å². The molecule has 4 heteroatoms. The number of esters is 1. The second-order valence-corrected chi connectivity index (χ2v) is 6.40. The minimum absolute atomic E-state index is 0.167. The number of carbonyl (C=O) groups is 1. The van der Waals surface area contributed by atoms with Gasteiger partial charge in [0.2, 0.25) is 0 Å². The van der Waals surface area contributed by atoms with E-state index >= 15 is 0 Å². The van der Waals surface area contributed by atoms with Gasteiger partial charge in [-0.3, -0.25) is 4.79 Å². The summed E-state index contributed by atoms with van der Waals surface area (Å²) in [5.41, 5.74) is 0.743. The lowest BCUT2D eigenvalue weighted by Crippen LogP contribution is -2.33. The van der Waals surface area contributed by atoms with Crippen molar-refractivity contribution in [1.29, 1.82) is 0 Å². The smallest absolute Gasteiger partial charge is 0.320 e. The zero-order valence-electron chi connectivity index (χ0n) is 12.0. The maximum absolute atomic E-state index is 11.7. The number of benzene rings is 1. The summed E-state index contributed by atoms with van der Waals surface area (Å²) in [4.78, 5) is 11.7. The fourth-order valence-electron chi connectivity index (χ4n) is 1.78. The highest BCUT2D eigenvalue weighted by Gasteiger charge is 2.17. The summed E-state index contributed by atoms with van der Waals surface area (Å²) in [5, 5.41) is 3.24. The third-order valence-corrected chi connectivity index (χ3v) is 3.12. The highest BCUT2D eigenvalue weighted by Crippen LogP contribution is 2.19. The van der Waals surface area contributed by atoms with Crippen LogP contribution in [-0.4, -0.2) is 18.1 Å². The molecular formula is C15H22BrNO2. The van der Waals surface area contributed by atoms with Crippen LogP contribution in [0.15, 0.2) is 28.7 Å². The van der Waals surface area contributed by atoms with E-state index in [0.717, 1.165) is 10.9 Å². The molecule has 1 aromatic carbocycles. The fraction of sp³-hybridized carbons (Fsp3) is 0.533. The summed E-state index contributed by atoms with van der Waals surface area (Å²) in [6.45, 7) is 7.94. The maximum Gasteiger partial charge on any atom is 0.320 e. The molecule has 0 saturated heterocycles. The molecule has 0 aromatic heterocycles. The normalized spacial score (nSPS) is 13.1. The molecule has 0 aliphatic carbocycles. The van der Waals surface area contributed by atoms with Crippen molar-refractivity contribution in [2.75, 3.05) is 6.54 Å². The standard InChI is InChI=1S/C15H22BrNO2/c1-5-13(11-6-8-12(16)9-7-11)17-10-14(18)19-15(2,3)4/h6-9,13,17H,5,10H2,1-4H3. The molecule has 0 amide bonds. The molecule has 19 heavy (non-hydrogen) atoms. The minimum Gasteiger partial charge on any atom is -0.459 e. The topological polar surface area (TPSA) is 38.3 Å². The molecule has 1 atom stereocenters. The Hall–Kier alpha value is -0.870. The molecular weight excluding hydrogens is 306 g/mol. The average molecular weight is 328 g/mol. The molecule has 0 saturated carbocycles. The summed E-state index contributed by atoms with van der Waals surface area (Å²) in [5.74, 6) is -0.219. The van der Waals surface area contributed by atoms with Crippen LogP contribution in [0, 0.1) is 0 Å². The molecule has 3 nitrogen and oxygen atoms in total. The monoisotopic (exact) mass is 327 g/mol. The van der Waals surface area contributed by atoms with Crippen molar-refractivity contribution in [2.24, 2.45) is 0 Å². The van der Waals surface area contributed by atoms with Gasteiger partial charge in [0.15, 0.2) is 0 Å². The van der Waals surface area contributed by atoms with E-state index in [1.807, 2.05) is 32.9 Å². The molecule has 0 fully saturated rings. The highest BCUT2D eigenvalue weighted by atomic mass is 79.9. The van der Waals surface area contributed by atoms with Crippen molar-refractivity contribution in [2.45, 2.75) is 45.8 Å². The van der Waals surface area contributed by atoms with Crippen LogP contribution in [0.5, 0.6) is 0 Å². The van der Waals surface area contributed by atoms with Gasteiger partial charge in [0.1, 0.15) is 5.60 Å². The van der Waals surface area contributed by atoms with Gasteiger partial charge in [-0.05, 0) is 44.9 Å². The second kappa shape index (κ2) is 7.06. The van der Waals surface area contributed by atoms with E-state index in [0.29, 0.717) is 0 Å². The van der Waals surface area contributed by atoms with Crippen LogP contribution in [0.3, 0.4) is 0 Å². The van der Waals surface area contributed by atoms with Crippen molar-refractivity contribution >= 4 is 21.9 Å². The Bertz CT molecular complexity index is 409. The van der Waals surface area contributed by atoms with Crippen LogP contribution in [-0.2, 0) is 9.53 Å². The SMILES string of the molecule is CCC(NCC(=O)OC(C)(C)C)c1ccc(Br)cc1. The van der Waals surface area contributed by atoms with Crippen LogP contribution in [0.4, 0.5) is 0 Å². The number of halogens is 1. The zero-order chi connectivity index (χ0) is 14.5. The number of nitrogens with one attached hydrogen (secondary N) is 1. The van der Waals surface area contributed by atoms with Gasteiger partial charge in [-0.2, -0.15) is 0 Å². The Labute approximate surface area is 123 Å². The van der Waals surface area contributed by atoms with E-state index in [-0.39, 0.29) is 18.6 Å². The molecule has 0 bridgehead atoms. The van der Waals surface area contributed by atoms with Crippen molar-refractivity contribution < 1.29 is 9.53 Å². The van der Waals surface area contributed by atoms with E-state index in [9.17, 15) is 4.79 Å². The molecule has 0 aliphatic heterocycles. The van der Waals surface area contributed by atoms with Gasteiger partial charge < -0.3 is 10.1 Å². The summed E-state index contributed by atoms with van der Waals surface area (Å²) >= 11 is 3.42. The van der Waals surface area contributed by atoms with Crippen molar-refractivity contribution in [1.82, 2.24) is 5.32 Å². The summed E-state index contributed by atoms with van der Waals surface area (Å²) in [6, 6.07) is 8.29. The first-order valence-corrected chi connectivity index (χ1v) is 7.32.